The Morgan fingerprint density at radius 3 is 2.39 bits per heavy atom. The molecule has 2 fully saturated rings. The summed E-state index contributed by atoms with van der Waals surface area (Å²) in [6.07, 6.45) is -2.91. The molecule has 0 bridgehead atoms. The van der Waals surface area contributed by atoms with Crippen LogP contribution >= 0.6 is 0 Å². The molecular formula is C22H24O9. The number of carbonyl (C=O) groups excluding carboxylic acids is 4. The van der Waals surface area contributed by atoms with Gasteiger partial charge in [-0.1, -0.05) is 6.58 Å². The fraction of sp³-hybridized carbons (Fsp3) is 0.545. The molecule has 0 aromatic heterocycles. The van der Waals surface area contributed by atoms with E-state index < -0.39 is 59.1 Å². The summed E-state index contributed by atoms with van der Waals surface area (Å²) in [7, 11) is 0. The summed E-state index contributed by atoms with van der Waals surface area (Å²) in [5, 5.41) is 11.7. The van der Waals surface area contributed by atoms with Crippen LogP contribution in [-0.2, 0) is 38.1 Å². The molecular weight excluding hydrogens is 408 g/mol. The quantitative estimate of drug-likeness (QED) is 0.296. The summed E-state index contributed by atoms with van der Waals surface area (Å²) in [6.45, 7) is 11.2. The van der Waals surface area contributed by atoms with Crippen LogP contribution in [0.4, 0.5) is 0 Å². The van der Waals surface area contributed by atoms with Gasteiger partial charge in [-0.15, -0.1) is 0 Å². The summed E-state index contributed by atoms with van der Waals surface area (Å²) in [5.74, 6) is -3.75. The maximum Gasteiger partial charge on any atom is 0.341 e. The topological polar surface area (TPSA) is 129 Å². The van der Waals surface area contributed by atoms with E-state index in [2.05, 4.69) is 6.58 Å². The van der Waals surface area contributed by atoms with Crippen molar-refractivity contribution >= 4 is 23.7 Å². The fourth-order valence-corrected chi connectivity index (χ4v) is 4.76. The molecule has 2 saturated heterocycles. The number of hydrogen-bond donors (Lipinski definition) is 1. The molecule has 0 amide bonds. The maximum atomic E-state index is 12.9. The molecule has 0 aromatic carbocycles. The number of allylic oxidation sites excluding steroid dienone is 1. The van der Waals surface area contributed by atoms with E-state index in [1.807, 2.05) is 0 Å². The lowest BCUT2D eigenvalue weighted by atomic mass is 9.78. The van der Waals surface area contributed by atoms with Gasteiger partial charge in [0.05, 0.1) is 12.0 Å². The van der Waals surface area contributed by atoms with E-state index in [9.17, 15) is 24.3 Å². The van der Waals surface area contributed by atoms with Crippen LogP contribution in [0.25, 0.3) is 0 Å². The van der Waals surface area contributed by atoms with Crippen molar-refractivity contribution in [1.82, 2.24) is 0 Å². The first kappa shape index (κ1) is 21.5. The Balaban J connectivity index is 1.89. The molecule has 0 radical (unpaired) electrons. The van der Waals surface area contributed by atoms with Gasteiger partial charge in [0, 0.05) is 18.1 Å². The second-order valence-electron chi connectivity index (χ2n) is 8.66. The third kappa shape index (κ3) is 2.83. The number of hydrogen-bond acceptors (Lipinski definition) is 9. The van der Waals surface area contributed by atoms with Crippen molar-refractivity contribution in [2.75, 3.05) is 0 Å². The Labute approximate surface area is 178 Å². The summed E-state index contributed by atoms with van der Waals surface area (Å²) < 4.78 is 22.0. The van der Waals surface area contributed by atoms with E-state index in [0.717, 1.165) is 0 Å². The van der Waals surface area contributed by atoms with Crippen LogP contribution in [-0.4, -0.2) is 64.4 Å². The molecule has 0 spiro atoms. The highest BCUT2D eigenvalue weighted by atomic mass is 16.7. The number of esters is 3. The molecule has 4 rings (SSSR count). The summed E-state index contributed by atoms with van der Waals surface area (Å²) >= 11 is 0. The lowest BCUT2D eigenvalue weighted by Crippen LogP contribution is -2.50. The predicted octanol–water partition coefficient (Wildman–Crippen LogP) is 0.695. The minimum Gasteiger partial charge on any atom is -0.457 e. The van der Waals surface area contributed by atoms with Crippen molar-refractivity contribution in [3.63, 3.8) is 0 Å². The zero-order valence-electron chi connectivity index (χ0n) is 17.9. The molecule has 2 aliphatic heterocycles. The monoisotopic (exact) mass is 432 g/mol. The largest absolute Gasteiger partial charge is 0.457 e. The van der Waals surface area contributed by atoms with E-state index in [4.69, 9.17) is 18.9 Å². The van der Waals surface area contributed by atoms with Crippen LogP contribution in [0.5, 0.6) is 0 Å². The van der Waals surface area contributed by atoms with E-state index in [1.165, 1.54) is 26.8 Å². The molecule has 166 valence electrons. The lowest BCUT2D eigenvalue weighted by molar-refractivity contribution is -0.173. The van der Waals surface area contributed by atoms with Crippen molar-refractivity contribution in [2.45, 2.75) is 70.2 Å². The smallest absolute Gasteiger partial charge is 0.341 e. The zero-order chi connectivity index (χ0) is 23.0. The van der Waals surface area contributed by atoms with Gasteiger partial charge in [0.2, 0.25) is 0 Å². The molecule has 0 unspecified atom stereocenters. The van der Waals surface area contributed by atoms with E-state index in [0.29, 0.717) is 0 Å². The first-order valence-corrected chi connectivity index (χ1v) is 9.96. The second-order valence-corrected chi connectivity index (χ2v) is 8.66. The molecule has 9 heteroatoms. The van der Waals surface area contributed by atoms with Crippen molar-refractivity contribution < 1.29 is 43.2 Å². The van der Waals surface area contributed by atoms with Crippen molar-refractivity contribution in [1.29, 1.82) is 0 Å². The number of carbonyl (C=O) groups is 4. The van der Waals surface area contributed by atoms with Gasteiger partial charge in [0.1, 0.15) is 6.10 Å². The fourth-order valence-electron chi connectivity index (χ4n) is 4.76. The van der Waals surface area contributed by atoms with E-state index in [1.54, 1.807) is 13.8 Å². The van der Waals surface area contributed by atoms with Crippen LogP contribution in [0.1, 0.15) is 34.6 Å². The molecule has 2 heterocycles. The second kappa shape index (κ2) is 6.61. The molecule has 2 aliphatic carbocycles. The highest BCUT2D eigenvalue weighted by Gasteiger charge is 2.65. The van der Waals surface area contributed by atoms with Crippen LogP contribution < -0.4 is 0 Å². The number of epoxide rings is 1. The molecule has 1 N–H and O–H groups in total. The Kier molecular flexibility index (Phi) is 4.57. The maximum absolute atomic E-state index is 12.9. The van der Waals surface area contributed by atoms with Crippen LogP contribution in [0.15, 0.2) is 34.9 Å². The summed E-state index contributed by atoms with van der Waals surface area (Å²) in [5.41, 5.74) is -2.78. The number of fused-ring (bicyclic) bond motifs is 3. The van der Waals surface area contributed by atoms with Crippen molar-refractivity contribution in [2.24, 2.45) is 5.92 Å². The Morgan fingerprint density at radius 1 is 1.23 bits per heavy atom. The first-order chi connectivity index (χ1) is 14.3. The normalized spacial score (nSPS) is 41.2. The minimum absolute atomic E-state index is 0.0471. The van der Waals surface area contributed by atoms with Crippen LogP contribution in [0.2, 0.25) is 0 Å². The third-order valence-electron chi connectivity index (χ3n) is 6.77. The average molecular weight is 432 g/mol. The Hall–Kier alpha value is -2.78. The van der Waals surface area contributed by atoms with Gasteiger partial charge in [-0.2, -0.15) is 0 Å². The van der Waals surface area contributed by atoms with Gasteiger partial charge in [-0.3, -0.25) is 9.59 Å². The molecule has 31 heavy (non-hydrogen) atoms. The van der Waals surface area contributed by atoms with Crippen LogP contribution in [0, 0.1) is 5.92 Å². The molecule has 0 aromatic rings. The zero-order valence-corrected chi connectivity index (χ0v) is 17.9. The highest BCUT2D eigenvalue weighted by molar-refractivity contribution is 6.11. The summed E-state index contributed by atoms with van der Waals surface area (Å²) in [6, 6.07) is 0. The standard InChI is InChI=1S/C22H24O9/c1-8-7-13(24)15-10(3)16(29-20(26)21(6)11(4)31-21)17(28-12(5)23)14-9(2)19(25)30-18(14)22(8,15)27/h7,11,14,16-18,27H,2H2,1,3-6H3/t11-,14-,16-,17-,18+,21+,22-/m1/s1. The Morgan fingerprint density at radius 2 is 1.84 bits per heavy atom. The summed E-state index contributed by atoms with van der Waals surface area (Å²) in [4.78, 5) is 50.0. The third-order valence-corrected chi connectivity index (χ3v) is 6.77. The van der Waals surface area contributed by atoms with Gasteiger partial charge >= 0.3 is 17.9 Å². The number of ketones is 1. The number of aliphatic hydroxyl groups is 1. The molecule has 0 saturated carbocycles. The van der Waals surface area contributed by atoms with Gasteiger partial charge in [-0.05, 0) is 44.9 Å². The first-order valence-electron chi connectivity index (χ1n) is 9.96. The average Bonchev–Trinajstić information content (AvgIpc) is 3.10. The predicted molar refractivity (Wildman–Crippen MR) is 103 cm³/mol. The number of rotatable bonds is 3. The van der Waals surface area contributed by atoms with Crippen molar-refractivity contribution in [3.8, 4) is 0 Å². The van der Waals surface area contributed by atoms with Gasteiger partial charge in [0.25, 0.3) is 0 Å². The molecule has 4 aliphatic rings. The van der Waals surface area contributed by atoms with Gasteiger partial charge < -0.3 is 24.1 Å². The number of ether oxygens (including phenoxy) is 4. The minimum atomic E-state index is -1.96. The lowest BCUT2D eigenvalue weighted by Gasteiger charge is -2.35. The van der Waals surface area contributed by atoms with Crippen LogP contribution in [0.3, 0.4) is 0 Å². The van der Waals surface area contributed by atoms with E-state index in [-0.39, 0.29) is 28.4 Å². The van der Waals surface area contributed by atoms with Gasteiger partial charge in [-0.25, -0.2) is 9.59 Å². The SMILES string of the molecule is C=C1C(=O)O[C@H]2[C@H]1[C@@H](OC(C)=O)[C@H](OC(=O)[C@@]1(C)O[C@@H]1C)C(C)=C1C(=O)C=C(C)[C@@]12O. The van der Waals surface area contributed by atoms with E-state index >= 15 is 0 Å². The highest BCUT2D eigenvalue weighted by Crippen LogP contribution is 2.51. The van der Waals surface area contributed by atoms with Gasteiger partial charge in [0.15, 0.2) is 29.2 Å². The molecule has 9 nitrogen and oxygen atoms in total. The molecule has 7 atom stereocenters. The Bertz CT molecular complexity index is 1000. The van der Waals surface area contributed by atoms with Crippen molar-refractivity contribution in [3.05, 3.63) is 34.9 Å².